The van der Waals surface area contributed by atoms with E-state index in [1.807, 2.05) is 37.3 Å². The number of likely N-dealkylation sites (tertiary alicyclic amines) is 1. The van der Waals surface area contributed by atoms with Gasteiger partial charge in [-0.2, -0.15) is 0 Å². The monoisotopic (exact) mass is 462 g/mol. The minimum Gasteiger partial charge on any atom is -0.351 e. The normalized spacial score (nSPS) is 19.6. The van der Waals surface area contributed by atoms with Crippen molar-refractivity contribution in [2.45, 2.75) is 44.3 Å². The van der Waals surface area contributed by atoms with Crippen molar-refractivity contribution in [1.29, 1.82) is 0 Å². The first-order valence-electron chi connectivity index (χ1n) is 11.3. The molecule has 0 radical (unpaired) electrons. The van der Waals surface area contributed by atoms with Crippen molar-refractivity contribution in [3.8, 4) is 0 Å². The summed E-state index contributed by atoms with van der Waals surface area (Å²) in [5.74, 6) is -0.139. The van der Waals surface area contributed by atoms with E-state index in [9.17, 15) is 14.4 Å². The van der Waals surface area contributed by atoms with Crippen molar-refractivity contribution in [1.82, 2.24) is 14.8 Å². The van der Waals surface area contributed by atoms with Crippen molar-refractivity contribution in [3.63, 3.8) is 0 Å². The highest BCUT2D eigenvalue weighted by Crippen LogP contribution is 2.27. The number of aromatic nitrogens is 1. The maximum atomic E-state index is 13.2. The van der Waals surface area contributed by atoms with Crippen LogP contribution >= 0.6 is 0 Å². The molecule has 3 aromatic rings. The molecule has 9 nitrogen and oxygen atoms in total. The Labute approximate surface area is 198 Å². The van der Waals surface area contributed by atoms with E-state index in [1.165, 1.54) is 15.7 Å². The van der Waals surface area contributed by atoms with E-state index >= 15 is 0 Å². The van der Waals surface area contributed by atoms with Crippen LogP contribution in [0.2, 0.25) is 0 Å². The molecule has 2 heterocycles. The third kappa shape index (κ3) is 4.60. The third-order valence-electron chi connectivity index (χ3n) is 6.53. The number of primary amides is 1. The summed E-state index contributed by atoms with van der Waals surface area (Å²) in [6.45, 7) is 4.26. The Morgan fingerprint density at radius 1 is 1.03 bits per heavy atom. The molecule has 0 spiro atoms. The number of carbonyl (C=O) groups excluding carboxylic acids is 3. The minimum absolute atomic E-state index is 0.0995. The molecule has 0 saturated carbocycles. The van der Waals surface area contributed by atoms with Gasteiger partial charge in [0.1, 0.15) is 6.04 Å². The summed E-state index contributed by atoms with van der Waals surface area (Å²) in [5, 5.41) is 6.56. The highest BCUT2D eigenvalue weighted by molar-refractivity contribution is 6.05. The van der Waals surface area contributed by atoms with Crippen LogP contribution < -0.4 is 22.1 Å². The predicted octanol–water partition coefficient (Wildman–Crippen LogP) is 2.81. The van der Waals surface area contributed by atoms with Crippen molar-refractivity contribution < 1.29 is 14.4 Å². The Balaban J connectivity index is 1.49. The number of rotatable bonds is 5. The highest BCUT2D eigenvalue weighted by Gasteiger charge is 2.39. The van der Waals surface area contributed by atoms with Gasteiger partial charge in [-0.1, -0.05) is 55.5 Å². The molecule has 4 amide bonds. The first-order chi connectivity index (χ1) is 16.3. The fourth-order valence-electron chi connectivity index (χ4n) is 4.48. The number of benzene rings is 2. The largest absolute Gasteiger partial charge is 0.351 e. The first kappa shape index (κ1) is 23.3. The number of amides is 4. The van der Waals surface area contributed by atoms with Crippen LogP contribution in [0.1, 0.15) is 31.7 Å². The molecule has 0 bridgehead atoms. The molecule has 1 aliphatic heterocycles. The van der Waals surface area contributed by atoms with Gasteiger partial charge in [-0.25, -0.2) is 9.59 Å². The lowest BCUT2D eigenvalue weighted by Crippen LogP contribution is -2.50. The number of fused-ring (bicyclic) bond motifs is 1. The van der Waals surface area contributed by atoms with Crippen LogP contribution in [-0.4, -0.2) is 52.1 Å². The maximum Gasteiger partial charge on any atom is 0.323 e. The minimum atomic E-state index is -0.690. The molecular weight excluding hydrogens is 432 g/mol. The van der Waals surface area contributed by atoms with Crippen molar-refractivity contribution >= 4 is 34.6 Å². The zero-order valence-electron chi connectivity index (χ0n) is 19.3. The lowest BCUT2D eigenvalue weighted by atomic mass is 9.94. The molecular formula is C25H30N6O3. The van der Waals surface area contributed by atoms with Gasteiger partial charge in [-0.05, 0) is 25.0 Å². The van der Waals surface area contributed by atoms with Crippen molar-refractivity contribution in [3.05, 3.63) is 66.4 Å². The number of hydrogen-bond acceptors (Lipinski definition) is 4. The van der Waals surface area contributed by atoms with Crippen LogP contribution in [0.5, 0.6) is 0 Å². The molecule has 4 rings (SSSR count). The van der Waals surface area contributed by atoms with Crippen LogP contribution in [0.3, 0.4) is 0 Å². The molecule has 178 valence electrons. The summed E-state index contributed by atoms with van der Waals surface area (Å²) >= 11 is 0. The van der Waals surface area contributed by atoms with E-state index in [0.717, 1.165) is 5.56 Å². The van der Waals surface area contributed by atoms with Crippen LogP contribution in [0, 0.1) is 0 Å². The summed E-state index contributed by atoms with van der Waals surface area (Å²) < 4.78 is 1.28. The maximum absolute atomic E-state index is 13.2. The summed E-state index contributed by atoms with van der Waals surface area (Å²) in [6, 6.07) is 14.8. The second kappa shape index (κ2) is 9.56. The van der Waals surface area contributed by atoms with Gasteiger partial charge in [0.05, 0.1) is 11.2 Å². The molecule has 1 aliphatic rings. The Morgan fingerprint density at radius 3 is 2.41 bits per heavy atom. The standard InChI is InChI=1S/C25H30N6O3/c1-15(17-8-4-3-5-9-17)16(2)28-23(32)22-12-18(26)13-31(22)25(34)29-20-14-30(24(27)33)21-11-7-6-10-19(20)21/h3-11,14-16,18,22H,12-13,26H2,1-2H3,(H2,27,33)(H,28,32)(H,29,34)/t15-,16?,18+,22+/m1/s1. The molecule has 1 unspecified atom stereocenters. The van der Waals surface area contributed by atoms with Crippen LogP contribution in [0.4, 0.5) is 15.3 Å². The van der Waals surface area contributed by atoms with E-state index in [2.05, 4.69) is 17.6 Å². The average molecular weight is 463 g/mol. The molecule has 34 heavy (non-hydrogen) atoms. The van der Waals surface area contributed by atoms with Gasteiger partial charge in [0.2, 0.25) is 5.91 Å². The van der Waals surface area contributed by atoms with Gasteiger partial charge in [0.25, 0.3) is 0 Å². The zero-order valence-corrected chi connectivity index (χ0v) is 19.3. The van der Waals surface area contributed by atoms with E-state index < -0.39 is 18.1 Å². The second-order valence-corrected chi connectivity index (χ2v) is 8.86. The molecule has 1 fully saturated rings. The average Bonchev–Trinajstić information content (AvgIpc) is 3.40. The zero-order chi connectivity index (χ0) is 24.4. The number of carbonyl (C=O) groups is 3. The predicted molar refractivity (Wildman–Crippen MR) is 131 cm³/mol. The van der Waals surface area contributed by atoms with Gasteiger partial charge in [-0.3, -0.25) is 9.36 Å². The second-order valence-electron chi connectivity index (χ2n) is 8.86. The summed E-state index contributed by atoms with van der Waals surface area (Å²) in [6.07, 6.45) is 1.86. The molecule has 4 atom stereocenters. The van der Waals surface area contributed by atoms with E-state index in [1.54, 1.807) is 24.3 Å². The summed E-state index contributed by atoms with van der Waals surface area (Å²) in [5.41, 5.74) is 13.7. The molecule has 1 saturated heterocycles. The lowest BCUT2D eigenvalue weighted by Gasteiger charge is -2.27. The third-order valence-corrected chi connectivity index (χ3v) is 6.53. The van der Waals surface area contributed by atoms with E-state index in [0.29, 0.717) is 23.0 Å². The number of anilines is 1. The lowest BCUT2D eigenvalue weighted by molar-refractivity contribution is -0.125. The summed E-state index contributed by atoms with van der Waals surface area (Å²) in [7, 11) is 0. The van der Waals surface area contributed by atoms with Gasteiger partial charge in [0.15, 0.2) is 0 Å². The number of para-hydroxylation sites is 1. The molecule has 9 heteroatoms. The van der Waals surface area contributed by atoms with Crippen LogP contribution in [-0.2, 0) is 4.79 Å². The van der Waals surface area contributed by atoms with Gasteiger partial charge in [-0.15, -0.1) is 0 Å². The number of hydrogen-bond donors (Lipinski definition) is 4. The van der Waals surface area contributed by atoms with Crippen LogP contribution in [0.25, 0.3) is 10.9 Å². The Kier molecular flexibility index (Phi) is 6.56. The first-order valence-corrected chi connectivity index (χ1v) is 11.3. The molecule has 2 aromatic carbocycles. The molecule has 1 aromatic heterocycles. The SMILES string of the molecule is CC(NC(=O)[C@@H]1C[C@H](N)CN1C(=O)Nc1cn(C(N)=O)c2ccccc12)[C@@H](C)c1ccccc1. The van der Waals surface area contributed by atoms with Gasteiger partial charge >= 0.3 is 12.1 Å². The van der Waals surface area contributed by atoms with Crippen molar-refractivity contribution in [2.24, 2.45) is 11.5 Å². The number of urea groups is 1. The smallest absolute Gasteiger partial charge is 0.323 e. The Morgan fingerprint density at radius 2 is 1.71 bits per heavy atom. The van der Waals surface area contributed by atoms with Crippen LogP contribution in [0.15, 0.2) is 60.8 Å². The van der Waals surface area contributed by atoms with E-state index in [4.69, 9.17) is 11.5 Å². The fourth-order valence-corrected chi connectivity index (χ4v) is 4.48. The number of nitrogens with one attached hydrogen (secondary N) is 2. The Bertz CT molecular complexity index is 1210. The van der Waals surface area contributed by atoms with E-state index in [-0.39, 0.29) is 30.5 Å². The van der Waals surface area contributed by atoms with Gasteiger partial charge in [0, 0.05) is 36.1 Å². The highest BCUT2D eigenvalue weighted by atomic mass is 16.2. The topological polar surface area (TPSA) is 135 Å². The van der Waals surface area contributed by atoms with Crippen molar-refractivity contribution in [2.75, 3.05) is 11.9 Å². The summed E-state index contributed by atoms with van der Waals surface area (Å²) in [4.78, 5) is 39.6. The number of nitrogens with zero attached hydrogens (tertiary/aromatic N) is 2. The Hall–Kier alpha value is -3.85. The van der Waals surface area contributed by atoms with Gasteiger partial charge < -0.3 is 27.0 Å². The molecule has 6 N–H and O–H groups in total. The molecule has 0 aliphatic carbocycles. The fraction of sp³-hybridized carbons (Fsp3) is 0.320. The number of nitrogens with two attached hydrogens (primary N) is 2. The quantitative estimate of drug-likeness (QED) is 0.464.